The Morgan fingerprint density at radius 2 is 1.18 bits per heavy atom. The molecule has 2 nitrogen and oxygen atoms in total. The molecule has 0 amide bonds. The van der Waals surface area contributed by atoms with Crippen molar-refractivity contribution in [1.82, 2.24) is 0 Å². The number of nitrogens with zero attached hydrogens (tertiary/aromatic N) is 2. The third-order valence-electron chi connectivity index (χ3n) is 7.43. The molecule has 6 aromatic carbocycles. The second kappa shape index (κ2) is 8.76. The van der Waals surface area contributed by atoms with Gasteiger partial charge < -0.3 is 4.90 Å². The molecule has 38 heavy (non-hydrogen) atoms. The van der Waals surface area contributed by atoms with Crippen LogP contribution in [0.4, 0.5) is 17.1 Å². The number of benzene rings is 6. The number of aryl methyl sites for hydroxylation is 1. The summed E-state index contributed by atoms with van der Waals surface area (Å²) in [5.41, 5.74) is 12.4. The van der Waals surface area contributed by atoms with E-state index in [9.17, 15) is 5.26 Å². The van der Waals surface area contributed by atoms with Gasteiger partial charge in [-0.2, -0.15) is 5.26 Å². The van der Waals surface area contributed by atoms with E-state index in [1.807, 2.05) is 37.3 Å². The lowest BCUT2D eigenvalue weighted by Crippen LogP contribution is -2.10. The molecule has 1 aliphatic rings. The van der Waals surface area contributed by atoms with Crippen LogP contribution < -0.4 is 4.90 Å². The SMILES string of the molecule is Cc1cc(C#N)cc(N(c2ccccc2)c2cccc(-c3ccc4c5c(cccc35)-c3ccccc3-4)c2)c1. The van der Waals surface area contributed by atoms with E-state index >= 15 is 0 Å². The van der Waals surface area contributed by atoms with Crippen LogP contribution >= 0.6 is 0 Å². The van der Waals surface area contributed by atoms with Crippen LogP contribution in [0.25, 0.3) is 44.2 Å². The molecule has 0 aliphatic heterocycles. The van der Waals surface area contributed by atoms with Gasteiger partial charge in [0.05, 0.1) is 11.6 Å². The van der Waals surface area contributed by atoms with Crippen LogP contribution in [0.5, 0.6) is 0 Å². The van der Waals surface area contributed by atoms with Gasteiger partial charge >= 0.3 is 0 Å². The van der Waals surface area contributed by atoms with Crippen molar-refractivity contribution < 1.29 is 0 Å². The summed E-state index contributed by atoms with van der Waals surface area (Å²) in [6.45, 7) is 2.04. The zero-order valence-corrected chi connectivity index (χ0v) is 21.0. The Kier molecular flexibility index (Phi) is 5.10. The second-order valence-corrected chi connectivity index (χ2v) is 9.82. The molecular formula is C36H24N2. The third kappa shape index (κ3) is 3.49. The predicted molar refractivity (Wildman–Crippen MR) is 158 cm³/mol. The van der Waals surface area contributed by atoms with Crippen LogP contribution in [-0.4, -0.2) is 0 Å². The zero-order chi connectivity index (χ0) is 25.6. The average molecular weight is 485 g/mol. The van der Waals surface area contributed by atoms with Crippen molar-refractivity contribution in [3.8, 4) is 39.4 Å². The summed E-state index contributed by atoms with van der Waals surface area (Å²) in [7, 11) is 0. The number of para-hydroxylation sites is 1. The number of rotatable bonds is 4. The summed E-state index contributed by atoms with van der Waals surface area (Å²) in [5, 5.41) is 12.2. The van der Waals surface area contributed by atoms with E-state index < -0.39 is 0 Å². The standard InChI is InChI=1S/C36H24N2/c1-24-19-25(23-37)21-29(20-24)38(27-10-3-2-4-11-27)28-12-7-9-26(22-28)30-17-18-35-32-14-6-5-13-31(32)34-16-8-15-33(30)36(34)35/h2-22H,1H3. The summed E-state index contributed by atoms with van der Waals surface area (Å²) in [4.78, 5) is 2.23. The lowest BCUT2D eigenvalue weighted by atomic mass is 9.94. The van der Waals surface area contributed by atoms with Gasteiger partial charge in [-0.05, 0) is 99.1 Å². The lowest BCUT2D eigenvalue weighted by molar-refractivity contribution is 1.26. The van der Waals surface area contributed by atoms with Crippen molar-refractivity contribution in [1.29, 1.82) is 5.26 Å². The first-order valence-corrected chi connectivity index (χ1v) is 12.8. The van der Waals surface area contributed by atoms with Crippen LogP contribution in [-0.2, 0) is 0 Å². The van der Waals surface area contributed by atoms with E-state index in [1.54, 1.807) is 0 Å². The van der Waals surface area contributed by atoms with Gasteiger partial charge in [-0.25, -0.2) is 0 Å². The van der Waals surface area contributed by atoms with Crippen LogP contribution in [0.1, 0.15) is 11.1 Å². The summed E-state index contributed by atoms with van der Waals surface area (Å²) in [6.07, 6.45) is 0. The van der Waals surface area contributed by atoms with Crippen molar-refractivity contribution in [3.05, 3.63) is 139 Å². The van der Waals surface area contributed by atoms with Gasteiger partial charge in [0, 0.05) is 17.1 Å². The summed E-state index contributed by atoms with van der Waals surface area (Å²) in [6, 6.07) is 47.3. The summed E-state index contributed by atoms with van der Waals surface area (Å²) < 4.78 is 0. The van der Waals surface area contributed by atoms with Gasteiger partial charge in [-0.15, -0.1) is 0 Å². The Labute approximate surface area is 222 Å². The summed E-state index contributed by atoms with van der Waals surface area (Å²) >= 11 is 0. The molecule has 6 aromatic rings. The van der Waals surface area contributed by atoms with Gasteiger partial charge in [-0.1, -0.05) is 84.9 Å². The number of nitriles is 1. The van der Waals surface area contributed by atoms with E-state index in [2.05, 4.69) is 108 Å². The number of hydrogen-bond acceptors (Lipinski definition) is 2. The van der Waals surface area contributed by atoms with E-state index in [0.717, 1.165) is 28.2 Å². The number of anilines is 3. The largest absolute Gasteiger partial charge is 0.310 e. The molecule has 0 bridgehead atoms. The first-order chi connectivity index (χ1) is 18.7. The minimum atomic E-state index is 0.657. The molecule has 0 heterocycles. The molecule has 0 unspecified atom stereocenters. The van der Waals surface area contributed by atoms with Crippen molar-refractivity contribution in [2.75, 3.05) is 4.90 Å². The molecule has 0 spiro atoms. The highest BCUT2D eigenvalue weighted by molar-refractivity contribution is 6.18. The molecule has 0 radical (unpaired) electrons. The highest BCUT2D eigenvalue weighted by atomic mass is 15.1. The summed E-state index contributed by atoms with van der Waals surface area (Å²) in [5.74, 6) is 0. The molecule has 0 saturated heterocycles. The third-order valence-corrected chi connectivity index (χ3v) is 7.43. The van der Waals surface area contributed by atoms with E-state index in [0.29, 0.717) is 5.56 Å². The van der Waals surface area contributed by atoms with Crippen LogP contribution in [0.2, 0.25) is 0 Å². The van der Waals surface area contributed by atoms with Crippen LogP contribution in [0.3, 0.4) is 0 Å². The topological polar surface area (TPSA) is 27.0 Å². The van der Waals surface area contributed by atoms with Gasteiger partial charge in [0.25, 0.3) is 0 Å². The molecule has 0 atom stereocenters. The maximum atomic E-state index is 9.65. The maximum absolute atomic E-state index is 9.65. The Morgan fingerprint density at radius 3 is 1.97 bits per heavy atom. The predicted octanol–water partition coefficient (Wildman–Crippen LogP) is 9.80. The minimum Gasteiger partial charge on any atom is -0.310 e. The monoisotopic (exact) mass is 484 g/mol. The molecule has 178 valence electrons. The van der Waals surface area contributed by atoms with Crippen molar-refractivity contribution >= 4 is 27.8 Å². The average Bonchev–Trinajstić information content (AvgIpc) is 3.29. The fourth-order valence-electron chi connectivity index (χ4n) is 5.85. The molecule has 1 aliphatic carbocycles. The number of fused-ring (bicyclic) bond motifs is 3. The molecule has 2 heteroatoms. The Hall–Kier alpha value is -5.13. The molecular weight excluding hydrogens is 460 g/mol. The highest BCUT2D eigenvalue weighted by Gasteiger charge is 2.22. The normalized spacial score (nSPS) is 11.3. The fourth-order valence-corrected chi connectivity index (χ4v) is 5.85. The van der Waals surface area contributed by atoms with Crippen molar-refractivity contribution in [2.45, 2.75) is 6.92 Å². The van der Waals surface area contributed by atoms with Crippen LogP contribution in [0, 0.1) is 18.3 Å². The van der Waals surface area contributed by atoms with Gasteiger partial charge in [0.1, 0.15) is 0 Å². The number of hydrogen-bond donors (Lipinski definition) is 0. The lowest BCUT2D eigenvalue weighted by Gasteiger charge is -2.26. The first kappa shape index (κ1) is 22.1. The van der Waals surface area contributed by atoms with Crippen LogP contribution in [0.15, 0.2) is 127 Å². The first-order valence-electron chi connectivity index (χ1n) is 12.8. The van der Waals surface area contributed by atoms with Crippen molar-refractivity contribution in [2.24, 2.45) is 0 Å². The Balaban J connectivity index is 1.42. The highest BCUT2D eigenvalue weighted by Crippen LogP contribution is 2.49. The van der Waals surface area contributed by atoms with E-state index in [1.165, 1.54) is 38.6 Å². The molecule has 0 aromatic heterocycles. The van der Waals surface area contributed by atoms with Gasteiger partial charge in [0.15, 0.2) is 0 Å². The van der Waals surface area contributed by atoms with Gasteiger partial charge in [0.2, 0.25) is 0 Å². The second-order valence-electron chi connectivity index (χ2n) is 9.82. The maximum Gasteiger partial charge on any atom is 0.0992 e. The van der Waals surface area contributed by atoms with Gasteiger partial charge in [-0.3, -0.25) is 0 Å². The Morgan fingerprint density at radius 1 is 0.526 bits per heavy atom. The van der Waals surface area contributed by atoms with E-state index in [-0.39, 0.29) is 0 Å². The quantitative estimate of drug-likeness (QED) is 0.249. The van der Waals surface area contributed by atoms with E-state index in [4.69, 9.17) is 0 Å². The molecule has 0 saturated carbocycles. The Bertz CT molecular complexity index is 1860. The van der Waals surface area contributed by atoms with Crippen molar-refractivity contribution in [3.63, 3.8) is 0 Å². The molecule has 0 N–H and O–H groups in total. The minimum absolute atomic E-state index is 0.657. The fraction of sp³-hybridized carbons (Fsp3) is 0.0278. The molecule has 0 fully saturated rings. The smallest absolute Gasteiger partial charge is 0.0992 e. The zero-order valence-electron chi connectivity index (χ0n) is 21.0. The molecule has 7 rings (SSSR count).